The van der Waals surface area contributed by atoms with Gasteiger partial charge in [0.2, 0.25) is 0 Å². The Balaban J connectivity index is 1.90. The number of rotatable bonds is 7. The van der Waals surface area contributed by atoms with E-state index in [2.05, 4.69) is 17.6 Å². The third-order valence-electron chi connectivity index (χ3n) is 3.76. The molecular weight excluding hydrogens is 300 g/mol. The molecule has 0 atom stereocenters. The van der Waals surface area contributed by atoms with Gasteiger partial charge in [0, 0.05) is 24.2 Å². The van der Waals surface area contributed by atoms with Crippen molar-refractivity contribution >= 4 is 11.8 Å². The molecule has 0 saturated heterocycles. The number of benzene rings is 2. The zero-order valence-corrected chi connectivity index (χ0v) is 14.3. The van der Waals surface area contributed by atoms with Gasteiger partial charge in [0.05, 0.1) is 0 Å². The average molecular weight is 324 g/mol. The van der Waals surface area contributed by atoms with E-state index < -0.39 is 0 Å². The highest BCUT2D eigenvalue weighted by molar-refractivity contribution is 5.97. The fourth-order valence-electron chi connectivity index (χ4n) is 2.36. The van der Waals surface area contributed by atoms with Crippen molar-refractivity contribution in [3.05, 3.63) is 70.8 Å². The van der Waals surface area contributed by atoms with Gasteiger partial charge in [0.25, 0.3) is 11.8 Å². The number of carbonyl (C=O) groups is 2. The van der Waals surface area contributed by atoms with Gasteiger partial charge >= 0.3 is 0 Å². The summed E-state index contributed by atoms with van der Waals surface area (Å²) in [7, 11) is 0. The second-order valence-electron chi connectivity index (χ2n) is 5.86. The maximum Gasteiger partial charge on any atom is 0.251 e. The van der Waals surface area contributed by atoms with Crippen molar-refractivity contribution in [3.8, 4) is 0 Å². The van der Waals surface area contributed by atoms with Gasteiger partial charge in [-0.05, 0) is 43.2 Å². The predicted molar refractivity (Wildman–Crippen MR) is 96.0 cm³/mol. The number of nitrogens with one attached hydrogen (secondary N) is 2. The van der Waals surface area contributed by atoms with Crippen LogP contribution in [0, 0.1) is 6.92 Å². The van der Waals surface area contributed by atoms with Gasteiger partial charge in [-0.3, -0.25) is 9.59 Å². The molecule has 2 aromatic carbocycles. The summed E-state index contributed by atoms with van der Waals surface area (Å²) in [5, 5.41) is 5.75. The molecule has 0 heterocycles. The van der Waals surface area contributed by atoms with Crippen LogP contribution in [0.5, 0.6) is 0 Å². The van der Waals surface area contributed by atoms with E-state index in [1.165, 1.54) is 5.56 Å². The highest BCUT2D eigenvalue weighted by atomic mass is 16.2. The van der Waals surface area contributed by atoms with Crippen molar-refractivity contribution in [3.63, 3.8) is 0 Å². The Morgan fingerprint density at radius 2 is 1.54 bits per heavy atom. The first-order valence-electron chi connectivity index (χ1n) is 8.32. The third kappa shape index (κ3) is 5.23. The van der Waals surface area contributed by atoms with E-state index in [0.717, 1.165) is 18.4 Å². The van der Waals surface area contributed by atoms with E-state index in [1.807, 2.05) is 31.2 Å². The predicted octanol–water partition coefficient (Wildman–Crippen LogP) is 3.45. The summed E-state index contributed by atoms with van der Waals surface area (Å²) >= 11 is 0. The Bertz CT molecular complexity index is 693. The first-order valence-corrected chi connectivity index (χ1v) is 8.32. The van der Waals surface area contributed by atoms with Crippen molar-refractivity contribution < 1.29 is 9.59 Å². The smallest absolute Gasteiger partial charge is 0.251 e. The van der Waals surface area contributed by atoms with Gasteiger partial charge in [-0.25, -0.2) is 0 Å². The van der Waals surface area contributed by atoms with Gasteiger partial charge in [-0.2, -0.15) is 0 Å². The Hall–Kier alpha value is -2.62. The van der Waals surface area contributed by atoms with Gasteiger partial charge in [-0.15, -0.1) is 0 Å². The number of aryl methyl sites for hydroxylation is 1. The van der Waals surface area contributed by atoms with Crippen LogP contribution in [-0.2, 0) is 6.54 Å². The van der Waals surface area contributed by atoms with Crippen molar-refractivity contribution in [1.29, 1.82) is 0 Å². The molecule has 0 aliphatic heterocycles. The van der Waals surface area contributed by atoms with Crippen LogP contribution in [0.25, 0.3) is 0 Å². The molecule has 2 aromatic rings. The highest BCUT2D eigenvalue weighted by Crippen LogP contribution is 2.07. The lowest BCUT2D eigenvalue weighted by atomic mass is 10.1. The van der Waals surface area contributed by atoms with Crippen molar-refractivity contribution in [1.82, 2.24) is 10.6 Å². The molecule has 0 aliphatic carbocycles. The molecule has 2 N–H and O–H groups in total. The second-order valence-corrected chi connectivity index (χ2v) is 5.86. The summed E-state index contributed by atoms with van der Waals surface area (Å²) in [4.78, 5) is 24.1. The quantitative estimate of drug-likeness (QED) is 0.766. The lowest BCUT2D eigenvalue weighted by Gasteiger charge is -2.08. The van der Waals surface area contributed by atoms with Crippen LogP contribution in [0.4, 0.5) is 0 Å². The van der Waals surface area contributed by atoms with E-state index in [0.29, 0.717) is 24.2 Å². The number of carbonyl (C=O) groups excluding carboxylic acids is 2. The minimum Gasteiger partial charge on any atom is -0.352 e. The molecule has 126 valence electrons. The van der Waals surface area contributed by atoms with Crippen LogP contribution >= 0.6 is 0 Å². The zero-order valence-electron chi connectivity index (χ0n) is 14.3. The van der Waals surface area contributed by atoms with Crippen LogP contribution in [0.15, 0.2) is 48.5 Å². The fraction of sp³-hybridized carbons (Fsp3) is 0.300. The van der Waals surface area contributed by atoms with Gasteiger partial charge in [0.15, 0.2) is 0 Å². The lowest BCUT2D eigenvalue weighted by molar-refractivity contribution is 0.0940. The Morgan fingerprint density at radius 1 is 0.917 bits per heavy atom. The largest absolute Gasteiger partial charge is 0.352 e. The van der Waals surface area contributed by atoms with Crippen LogP contribution in [0.3, 0.4) is 0 Å². The standard InChI is InChI=1S/C20H24N2O2/c1-3-4-12-21-19(23)17-8-10-18(11-9-17)20(24)22-14-16-7-5-6-15(2)13-16/h5-11,13H,3-4,12,14H2,1-2H3,(H,21,23)(H,22,24). The third-order valence-corrected chi connectivity index (χ3v) is 3.76. The number of hydrogen-bond acceptors (Lipinski definition) is 2. The molecule has 2 rings (SSSR count). The van der Waals surface area contributed by atoms with Gasteiger partial charge in [-0.1, -0.05) is 43.2 Å². The topological polar surface area (TPSA) is 58.2 Å². The maximum atomic E-state index is 12.2. The molecule has 0 radical (unpaired) electrons. The molecule has 4 heteroatoms. The van der Waals surface area contributed by atoms with Gasteiger partial charge in [0.1, 0.15) is 0 Å². The van der Waals surface area contributed by atoms with E-state index in [1.54, 1.807) is 24.3 Å². The summed E-state index contributed by atoms with van der Waals surface area (Å²) in [6.07, 6.45) is 2.01. The van der Waals surface area contributed by atoms with Crippen LogP contribution in [0.1, 0.15) is 51.6 Å². The molecule has 0 aliphatic rings. The van der Waals surface area contributed by atoms with Crippen LogP contribution in [-0.4, -0.2) is 18.4 Å². The van der Waals surface area contributed by atoms with E-state index in [-0.39, 0.29) is 11.8 Å². The summed E-state index contributed by atoms with van der Waals surface area (Å²) in [5.41, 5.74) is 3.35. The van der Waals surface area contributed by atoms with Crippen LogP contribution < -0.4 is 10.6 Å². The van der Waals surface area contributed by atoms with Crippen LogP contribution in [0.2, 0.25) is 0 Å². The SMILES string of the molecule is CCCCNC(=O)c1ccc(C(=O)NCc2cccc(C)c2)cc1. The zero-order chi connectivity index (χ0) is 17.4. The Kier molecular flexibility index (Phi) is 6.55. The first kappa shape index (κ1) is 17.7. The van der Waals surface area contributed by atoms with Crippen molar-refractivity contribution in [2.45, 2.75) is 33.2 Å². The van der Waals surface area contributed by atoms with E-state index >= 15 is 0 Å². The van der Waals surface area contributed by atoms with E-state index in [4.69, 9.17) is 0 Å². The molecule has 2 amide bonds. The second kappa shape index (κ2) is 8.87. The van der Waals surface area contributed by atoms with E-state index in [9.17, 15) is 9.59 Å². The monoisotopic (exact) mass is 324 g/mol. The molecule has 0 aromatic heterocycles. The highest BCUT2D eigenvalue weighted by Gasteiger charge is 2.08. The molecule has 24 heavy (non-hydrogen) atoms. The summed E-state index contributed by atoms with van der Waals surface area (Å²) < 4.78 is 0. The Morgan fingerprint density at radius 3 is 2.12 bits per heavy atom. The first-order chi connectivity index (χ1) is 11.6. The summed E-state index contributed by atoms with van der Waals surface area (Å²) in [6, 6.07) is 14.8. The Labute approximate surface area is 143 Å². The van der Waals surface area contributed by atoms with Gasteiger partial charge < -0.3 is 10.6 Å². The molecular formula is C20H24N2O2. The minimum atomic E-state index is -0.144. The molecule has 4 nitrogen and oxygen atoms in total. The summed E-state index contributed by atoms with van der Waals surface area (Å²) in [6.45, 7) is 5.26. The number of amides is 2. The maximum absolute atomic E-state index is 12.2. The minimum absolute atomic E-state index is 0.102. The van der Waals surface area contributed by atoms with Crippen molar-refractivity contribution in [2.24, 2.45) is 0 Å². The lowest BCUT2D eigenvalue weighted by Crippen LogP contribution is -2.25. The molecule has 0 saturated carbocycles. The number of hydrogen-bond donors (Lipinski definition) is 2. The summed E-state index contributed by atoms with van der Waals surface area (Å²) in [5.74, 6) is -0.246. The molecule has 0 fully saturated rings. The molecule has 0 bridgehead atoms. The average Bonchev–Trinajstić information content (AvgIpc) is 2.60. The fourth-order valence-corrected chi connectivity index (χ4v) is 2.36. The number of unbranched alkanes of at least 4 members (excludes halogenated alkanes) is 1. The normalized spacial score (nSPS) is 10.2. The molecule has 0 spiro atoms. The molecule has 0 unspecified atom stereocenters. The van der Waals surface area contributed by atoms with Crippen molar-refractivity contribution in [2.75, 3.05) is 6.54 Å².